The highest BCUT2D eigenvalue weighted by molar-refractivity contribution is 5.94. The summed E-state index contributed by atoms with van der Waals surface area (Å²) in [7, 11) is 0. The number of amides is 2. The molecule has 0 saturated heterocycles. The summed E-state index contributed by atoms with van der Waals surface area (Å²) >= 11 is 0. The number of aliphatic hydroxyl groups excluding tert-OH is 1. The SMILES string of the molecule is O=C(NC1CCCC1O)N1CCc2ccccc21. The number of aliphatic hydroxyl groups is 1. The molecule has 1 fully saturated rings. The normalized spacial score (nSPS) is 26.2. The molecule has 1 aromatic rings. The molecule has 96 valence electrons. The molecule has 2 aliphatic rings. The van der Waals surface area contributed by atoms with Crippen molar-refractivity contribution in [3.8, 4) is 0 Å². The highest BCUT2D eigenvalue weighted by Crippen LogP contribution is 2.28. The van der Waals surface area contributed by atoms with Gasteiger partial charge in [-0.15, -0.1) is 0 Å². The Morgan fingerprint density at radius 3 is 2.94 bits per heavy atom. The number of para-hydroxylation sites is 1. The van der Waals surface area contributed by atoms with E-state index in [1.165, 1.54) is 5.56 Å². The summed E-state index contributed by atoms with van der Waals surface area (Å²) in [5.74, 6) is 0. The Bertz CT molecular complexity index is 461. The Kier molecular flexibility index (Phi) is 2.96. The van der Waals surface area contributed by atoms with Gasteiger partial charge < -0.3 is 10.4 Å². The molecule has 4 heteroatoms. The van der Waals surface area contributed by atoms with Crippen molar-refractivity contribution in [2.45, 2.75) is 37.8 Å². The van der Waals surface area contributed by atoms with Crippen LogP contribution in [0, 0.1) is 0 Å². The lowest BCUT2D eigenvalue weighted by atomic mass is 10.2. The van der Waals surface area contributed by atoms with Crippen LogP contribution in [0.25, 0.3) is 0 Å². The van der Waals surface area contributed by atoms with Crippen LogP contribution in [0.1, 0.15) is 24.8 Å². The molecule has 0 aromatic heterocycles. The zero-order valence-electron chi connectivity index (χ0n) is 10.3. The average Bonchev–Trinajstić information content (AvgIpc) is 2.96. The molecule has 4 nitrogen and oxygen atoms in total. The van der Waals surface area contributed by atoms with Gasteiger partial charge >= 0.3 is 6.03 Å². The van der Waals surface area contributed by atoms with E-state index in [2.05, 4.69) is 11.4 Å². The van der Waals surface area contributed by atoms with Crippen LogP contribution in [0.5, 0.6) is 0 Å². The number of carbonyl (C=O) groups is 1. The van der Waals surface area contributed by atoms with Gasteiger partial charge in [-0.25, -0.2) is 4.79 Å². The summed E-state index contributed by atoms with van der Waals surface area (Å²) in [6.07, 6.45) is 3.19. The Balaban J connectivity index is 1.71. The number of anilines is 1. The highest BCUT2D eigenvalue weighted by atomic mass is 16.3. The van der Waals surface area contributed by atoms with Crippen LogP contribution < -0.4 is 10.2 Å². The van der Waals surface area contributed by atoms with Crippen LogP contribution in [0.2, 0.25) is 0 Å². The lowest BCUT2D eigenvalue weighted by molar-refractivity contribution is 0.150. The Morgan fingerprint density at radius 2 is 2.17 bits per heavy atom. The molecule has 0 spiro atoms. The zero-order valence-corrected chi connectivity index (χ0v) is 10.3. The predicted molar refractivity (Wildman–Crippen MR) is 69.7 cm³/mol. The minimum atomic E-state index is -0.383. The lowest BCUT2D eigenvalue weighted by Gasteiger charge is -2.22. The van der Waals surface area contributed by atoms with Crippen molar-refractivity contribution in [3.05, 3.63) is 29.8 Å². The van der Waals surface area contributed by atoms with E-state index in [0.717, 1.165) is 37.9 Å². The number of fused-ring (bicyclic) bond motifs is 1. The third kappa shape index (κ3) is 1.97. The van der Waals surface area contributed by atoms with Gasteiger partial charge in [-0.05, 0) is 37.3 Å². The number of urea groups is 1. The highest BCUT2D eigenvalue weighted by Gasteiger charge is 2.30. The standard InChI is InChI=1S/C14H18N2O2/c17-13-7-3-5-11(13)15-14(18)16-9-8-10-4-1-2-6-12(10)16/h1-2,4,6,11,13,17H,3,5,7-9H2,(H,15,18). The molecule has 1 aliphatic heterocycles. The predicted octanol–water partition coefficient (Wildman–Crippen LogP) is 1.67. The number of benzene rings is 1. The first-order valence-corrected chi connectivity index (χ1v) is 6.60. The van der Waals surface area contributed by atoms with Crippen LogP contribution in [0.15, 0.2) is 24.3 Å². The topological polar surface area (TPSA) is 52.6 Å². The lowest BCUT2D eigenvalue weighted by Crippen LogP contribution is -2.47. The second kappa shape index (κ2) is 4.61. The van der Waals surface area contributed by atoms with E-state index < -0.39 is 0 Å². The summed E-state index contributed by atoms with van der Waals surface area (Å²) in [6.45, 7) is 0.730. The Hall–Kier alpha value is -1.55. The number of nitrogens with zero attached hydrogens (tertiary/aromatic N) is 1. The van der Waals surface area contributed by atoms with Gasteiger partial charge in [-0.2, -0.15) is 0 Å². The molecule has 1 aliphatic carbocycles. The van der Waals surface area contributed by atoms with Crippen molar-refractivity contribution in [3.63, 3.8) is 0 Å². The number of nitrogens with one attached hydrogen (secondary N) is 1. The molecule has 1 heterocycles. The van der Waals surface area contributed by atoms with Gasteiger partial charge in [-0.3, -0.25) is 4.90 Å². The Labute approximate surface area is 107 Å². The minimum Gasteiger partial charge on any atom is -0.391 e. The van der Waals surface area contributed by atoms with E-state index in [9.17, 15) is 9.90 Å². The average molecular weight is 246 g/mol. The van der Waals surface area contributed by atoms with Crippen LogP contribution in [-0.4, -0.2) is 29.8 Å². The molecule has 3 rings (SSSR count). The maximum absolute atomic E-state index is 12.2. The molecule has 0 bridgehead atoms. The first kappa shape index (κ1) is 11.5. The fraction of sp³-hybridized carbons (Fsp3) is 0.500. The summed E-state index contributed by atoms with van der Waals surface area (Å²) in [6, 6.07) is 7.84. The number of rotatable bonds is 1. The second-order valence-corrected chi connectivity index (χ2v) is 5.08. The van der Waals surface area contributed by atoms with Crippen molar-refractivity contribution >= 4 is 11.7 Å². The van der Waals surface area contributed by atoms with Gasteiger partial charge in [0.2, 0.25) is 0 Å². The van der Waals surface area contributed by atoms with Gasteiger partial charge in [0, 0.05) is 12.2 Å². The summed E-state index contributed by atoms with van der Waals surface area (Å²) in [5, 5.41) is 12.7. The molecule has 1 aromatic carbocycles. The fourth-order valence-electron chi connectivity index (χ4n) is 2.89. The van der Waals surface area contributed by atoms with Crippen molar-refractivity contribution in [2.75, 3.05) is 11.4 Å². The van der Waals surface area contributed by atoms with E-state index >= 15 is 0 Å². The third-order valence-electron chi connectivity index (χ3n) is 3.92. The van der Waals surface area contributed by atoms with Gasteiger partial charge in [0.05, 0.1) is 12.1 Å². The number of hydrogen-bond acceptors (Lipinski definition) is 2. The minimum absolute atomic E-state index is 0.0779. The fourth-order valence-corrected chi connectivity index (χ4v) is 2.89. The monoisotopic (exact) mass is 246 g/mol. The van der Waals surface area contributed by atoms with E-state index in [1.807, 2.05) is 18.2 Å². The van der Waals surface area contributed by atoms with Crippen LogP contribution >= 0.6 is 0 Å². The van der Waals surface area contributed by atoms with Gasteiger partial charge in [-0.1, -0.05) is 18.2 Å². The molecule has 2 N–H and O–H groups in total. The third-order valence-corrected chi connectivity index (χ3v) is 3.92. The zero-order chi connectivity index (χ0) is 12.5. The Morgan fingerprint density at radius 1 is 1.33 bits per heavy atom. The number of carbonyl (C=O) groups excluding carboxylic acids is 1. The maximum Gasteiger partial charge on any atom is 0.322 e. The maximum atomic E-state index is 12.2. The van der Waals surface area contributed by atoms with Crippen molar-refractivity contribution < 1.29 is 9.90 Å². The quantitative estimate of drug-likeness (QED) is 0.792. The van der Waals surface area contributed by atoms with Gasteiger partial charge in [0.15, 0.2) is 0 Å². The van der Waals surface area contributed by atoms with Crippen LogP contribution in [0.4, 0.5) is 10.5 Å². The molecule has 2 unspecified atom stereocenters. The van der Waals surface area contributed by atoms with Crippen LogP contribution in [0.3, 0.4) is 0 Å². The van der Waals surface area contributed by atoms with E-state index in [0.29, 0.717) is 0 Å². The summed E-state index contributed by atoms with van der Waals surface area (Å²) in [4.78, 5) is 14.0. The molecule has 2 amide bonds. The molecule has 0 radical (unpaired) electrons. The second-order valence-electron chi connectivity index (χ2n) is 5.08. The van der Waals surface area contributed by atoms with Crippen LogP contribution in [-0.2, 0) is 6.42 Å². The van der Waals surface area contributed by atoms with Crippen molar-refractivity contribution in [2.24, 2.45) is 0 Å². The molecule has 1 saturated carbocycles. The summed E-state index contributed by atoms with van der Waals surface area (Å²) < 4.78 is 0. The largest absolute Gasteiger partial charge is 0.391 e. The molecule has 2 atom stereocenters. The van der Waals surface area contributed by atoms with E-state index in [4.69, 9.17) is 0 Å². The van der Waals surface area contributed by atoms with Gasteiger partial charge in [0.1, 0.15) is 0 Å². The first-order chi connectivity index (χ1) is 8.75. The smallest absolute Gasteiger partial charge is 0.322 e. The summed E-state index contributed by atoms with van der Waals surface area (Å²) in [5.41, 5.74) is 2.22. The van der Waals surface area contributed by atoms with Crippen molar-refractivity contribution in [1.82, 2.24) is 5.32 Å². The first-order valence-electron chi connectivity index (χ1n) is 6.60. The van der Waals surface area contributed by atoms with E-state index in [-0.39, 0.29) is 18.2 Å². The molecule has 18 heavy (non-hydrogen) atoms. The molecular formula is C14H18N2O2. The molecular weight excluding hydrogens is 228 g/mol. The van der Waals surface area contributed by atoms with E-state index in [1.54, 1.807) is 4.90 Å². The number of hydrogen-bond donors (Lipinski definition) is 2. The van der Waals surface area contributed by atoms with Gasteiger partial charge in [0.25, 0.3) is 0 Å². The van der Waals surface area contributed by atoms with Crippen molar-refractivity contribution in [1.29, 1.82) is 0 Å².